The van der Waals surface area contributed by atoms with Gasteiger partial charge in [0, 0.05) is 17.8 Å². The Kier molecular flexibility index (Phi) is 9.60. The molecule has 0 bridgehead atoms. The van der Waals surface area contributed by atoms with Gasteiger partial charge < -0.3 is 64.2 Å². The van der Waals surface area contributed by atoms with Crippen LogP contribution in [-0.2, 0) is 28.4 Å². The van der Waals surface area contributed by atoms with Crippen LogP contribution in [0.1, 0.15) is 79.6 Å². The van der Waals surface area contributed by atoms with Crippen molar-refractivity contribution in [2.75, 3.05) is 13.2 Å². The van der Waals surface area contributed by atoms with E-state index in [1.54, 1.807) is 0 Å². The second-order valence-corrected chi connectivity index (χ2v) is 18.0. The van der Waals surface area contributed by atoms with Gasteiger partial charge in [-0.2, -0.15) is 0 Å². The number of ether oxygens (including phenoxy) is 6. The summed E-state index contributed by atoms with van der Waals surface area (Å²) >= 11 is 0. The van der Waals surface area contributed by atoms with Gasteiger partial charge in [0.15, 0.2) is 18.4 Å². The maximum atomic E-state index is 11.7. The fraction of sp³-hybridized carbons (Fsp3) is 0.947. The lowest BCUT2D eigenvalue weighted by molar-refractivity contribution is -0.366. The second kappa shape index (κ2) is 13.2. The molecule has 7 N–H and O–H groups in total. The summed E-state index contributed by atoms with van der Waals surface area (Å²) in [6.45, 7) is 11.1. The average Bonchev–Trinajstić information content (AvgIpc) is 3.55. The Bertz CT molecular complexity index is 1320. The number of rotatable bonds is 4. The monoisotopic (exact) mass is 724 g/mol. The van der Waals surface area contributed by atoms with Crippen LogP contribution in [-0.4, -0.2) is 134 Å². The summed E-state index contributed by atoms with van der Waals surface area (Å²) in [6.07, 6.45) is -7.41. The molecule has 13 nitrogen and oxygen atoms in total. The van der Waals surface area contributed by atoms with Crippen LogP contribution < -0.4 is 0 Å². The predicted molar refractivity (Wildman–Crippen MR) is 178 cm³/mol. The molecule has 8 aliphatic rings. The minimum atomic E-state index is -1.66. The quantitative estimate of drug-likeness (QED) is 0.203. The van der Waals surface area contributed by atoms with Crippen molar-refractivity contribution < 1.29 is 64.2 Å². The third kappa shape index (κ3) is 5.58. The van der Waals surface area contributed by atoms with Gasteiger partial charge in [-0.25, -0.2) is 0 Å². The van der Waals surface area contributed by atoms with Crippen LogP contribution in [0.4, 0.5) is 0 Å². The van der Waals surface area contributed by atoms with Crippen molar-refractivity contribution in [1.29, 1.82) is 0 Å². The maximum Gasteiger partial charge on any atom is 0.187 e. The Hall–Kier alpha value is -0.780. The minimum absolute atomic E-state index is 0.0633. The first-order valence-electron chi connectivity index (χ1n) is 19.5. The fourth-order valence-corrected chi connectivity index (χ4v) is 12.4. The summed E-state index contributed by atoms with van der Waals surface area (Å²) in [7, 11) is 0. The van der Waals surface area contributed by atoms with E-state index in [1.807, 2.05) is 0 Å². The third-order valence-electron chi connectivity index (χ3n) is 15.3. The molecular formula is C38H60O13. The summed E-state index contributed by atoms with van der Waals surface area (Å²) in [5.41, 5.74) is 0.405. The number of aliphatic hydroxyl groups is 7. The van der Waals surface area contributed by atoms with Crippen LogP contribution >= 0.6 is 0 Å². The smallest absolute Gasteiger partial charge is 0.187 e. The molecule has 22 atom stereocenters. The molecule has 7 fully saturated rings. The van der Waals surface area contributed by atoms with Gasteiger partial charge in [0.25, 0.3) is 0 Å². The molecule has 4 aliphatic heterocycles. The molecule has 290 valence electrons. The van der Waals surface area contributed by atoms with Crippen LogP contribution in [0.2, 0.25) is 0 Å². The Balaban J connectivity index is 1.06. The maximum absolute atomic E-state index is 11.7. The summed E-state index contributed by atoms with van der Waals surface area (Å²) in [4.78, 5) is 0. The topological polar surface area (TPSA) is 197 Å². The van der Waals surface area contributed by atoms with Crippen molar-refractivity contribution in [3.8, 4) is 0 Å². The summed E-state index contributed by atoms with van der Waals surface area (Å²) in [6, 6.07) is 0. The lowest BCUT2D eigenvalue weighted by Crippen LogP contribution is -2.65. The molecule has 3 saturated carbocycles. The van der Waals surface area contributed by atoms with Crippen LogP contribution in [0.15, 0.2) is 11.6 Å². The van der Waals surface area contributed by atoms with Crippen molar-refractivity contribution in [2.24, 2.45) is 46.3 Å². The van der Waals surface area contributed by atoms with Gasteiger partial charge >= 0.3 is 0 Å². The van der Waals surface area contributed by atoms with Crippen molar-refractivity contribution in [3.63, 3.8) is 0 Å². The van der Waals surface area contributed by atoms with Crippen LogP contribution in [0.5, 0.6) is 0 Å². The van der Waals surface area contributed by atoms with Gasteiger partial charge in [0.05, 0.1) is 37.6 Å². The fourth-order valence-electron chi connectivity index (χ4n) is 12.4. The molecule has 1 spiro atoms. The molecule has 0 unspecified atom stereocenters. The van der Waals surface area contributed by atoms with E-state index in [0.717, 1.165) is 50.7 Å². The SMILES string of the molecule is C[C@@H]1CC[C@@]2(OC1)O[C@H]1C[C@H]3[C@@H]4CC=C5C[C@@H](O)[C@H](O)[C@@H](O[C@@H]6OC[C@@H](O)[C@H](O)[C@H]6O[C@@H]6O[C@@H](C)[C@H](O)[C@@H](O)[C@H]6O)[C@]5(C)[C@H]4CC[C@]3(C)[C@H]1[C@@H]2C. The van der Waals surface area contributed by atoms with E-state index in [9.17, 15) is 35.7 Å². The van der Waals surface area contributed by atoms with Gasteiger partial charge in [-0.3, -0.25) is 0 Å². The zero-order valence-electron chi connectivity index (χ0n) is 30.5. The van der Waals surface area contributed by atoms with Gasteiger partial charge in [0.2, 0.25) is 0 Å². The van der Waals surface area contributed by atoms with E-state index >= 15 is 0 Å². The lowest BCUT2D eigenvalue weighted by atomic mass is 9.46. The first-order chi connectivity index (χ1) is 24.1. The Morgan fingerprint density at radius 3 is 2.27 bits per heavy atom. The normalized spacial score (nSPS) is 59.8. The third-order valence-corrected chi connectivity index (χ3v) is 15.3. The summed E-state index contributed by atoms with van der Waals surface area (Å²) in [5.74, 6) is 1.53. The highest BCUT2D eigenvalue weighted by Crippen LogP contribution is 2.71. The van der Waals surface area contributed by atoms with Crippen LogP contribution in [0.3, 0.4) is 0 Å². The molecule has 4 aliphatic carbocycles. The molecular weight excluding hydrogens is 664 g/mol. The van der Waals surface area contributed by atoms with Gasteiger partial charge in [-0.05, 0) is 80.5 Å². The highest BCUT2D eigenvalue weighted by atomic mass is 16.8. The first-order valence-corrected chi connectivity index (χ1v) is 19.5. The summed E-state index contributed by atoms with van der Waals surface area (Å²) in [5, 5.41) is 75.9. The van der Waals surface area contributed by atoms with Crippen molar-refractivity contribution >= 4 is 0 Å². The number of aliphatic hydroxyl groups excluding tert-OH is 7. The number of fused-ring (bicyclic) bond motifs is 7. The van der Waals surface area contributed by atoms with Gasteiger partial charge in [0.1, 0.15) is 42.7 Å². The highest BCUT2D eigenvalue weighted by Gasteiger charge is 2.70. The van der Waals surface area contributed by atoms with Crippen LogP contribution in [0, 0.1) is 46.3 Å². The Labute approximate surface area is 300 Å². The minimum Gasteiger partial charge on any atom is -0.390 e. The number of hydrogen-bond acceptors (Lipinski definition) is 13. The highest BCUT2D eigenvalue weighted by molar-refractivity contribution is 5.30. The van der Waals surface area contributed by atoms with E-state index in [1.165, 1.54) is 6.92 Å². The average molecular weight is 725 g/mol. The van der Waals surface area contributed by atoms with Crippen molar-refractivity contribution in [3.05, 3.63) is 11.6 Å². The zero-order chi connectivity index (χ0) is 36.4. The molecule has 8 rings (SSSR count). The Morgan fingerprint density at radius 2 is 1.55 bits per heavy atom. The number of hydrogen-bond donors (Lipinski definition) is 7. The zero-order valence-corrected chi connectivity index (χ0v) is 30.5. The second-order valence-electron chi connectivity index (χ2n) is 18.0. The van der Waals surface area contributed by atoms with E-state index in [-0.39, 0.29) is 30.0 Å². The first kappa shape index (κ1) is 37.2. The molecule has 0 radical (unpaired) electrons. The standard InChI is InChI=1S/C38H60O13/c1-16-8-11-38(47-14-16)17(2)26-25(51-38)13-22-20-7-6-19-12-23(39)29(43)33(37(19,5)21(20)9-10-36(22,26)4)50-35-32(28(42)24(40)15-46-35)49-34-31(45)30(44)27(41)18(3)48-34/h6,16-18,20-35,39-45H,7-15H2,1-5H3/t16-,17+,18+,20-,21+,22+,23-,24-,25+,26+,27+,28+,29+,30-,31-,32-,33-,34+,35+,36+,37+,38-/m1/s1. The van der Waals surface area contributed by atoms with E-state index in [2.05, 4.69) is 33.8 Å². The molecule has 13 heteroatoms. The van der Waals surface area contributed by atoms with E-state index in [4.69, 9.17) is 28.4 Å². The predicted octanol–water partition coefficient (Wildman–Crippen LogP) is 0.971. The molecule has 0 aromatic heterocycles. The summed E-state index contributed by atoms with van der Waals surface area (Å²) < 4.78 is 37.7. The molecule has 0 aromatic carbocycles. The molecule has 51 heavy (non-hydrogen) atoms. The van der Waals surface area contributed by atoms with Gasteiger partial charge in [-0.1, -0.05) is 39.3 Å². The van der Waals surface area contributed by atoms with E-state index in [0.29, 0.717) is 30.1 Å². The van der Waals surface area contributed by atoms with Crippen molar-refractivity contribution in [2.45, 2.75) is 165 Å². The van der Waals surface area contributed by atoms with Crippen LogP contribution in [0.25, 0.3) is 0 Å². The molecule has 4 saturated heterocycles. The lowest BCUT2D eigenvalue weighted by Gasteiger charge is -2.61. The van der Waals surface area contributed by atoms with E-state index < -0.39 is 84.8 Å². The molecule has 0 aromatic rings. The number of allylic oxidation sites excluding steroid dienone is 1. The van der Waals surface area contributed by atoms with Gasteiger partial charge in [-0.15, -0.1) is 0 Å². The van der Waals surface area contributed by atoms with Crippen molar-refractivity contribution in [1.82, 2.24) is 0 Å². The Morgan fingerprint density at radius 1 is 0.784 bits per heavy atom. The molecule has 4 heterocycles. The largest absolute Gasteiger partial charge is 0.390 e. The molecule has 0 amide bonds.